The van der Waals surface area contributed by atoms with E-state index in [9.17, 15) is 9.59 Å². The van der Waals surface area contributed by atoms with Crippen LogP contribution in [0.5, 0.6) is 0 Å². The molecule has 4 rings (SSSR count). The number of aryl methyl sites for hydroxylation is 1. The van der Waals surface area contributed by atoms with Gasteiger partial charge in [-0.2, -0.15) is 0 Å². The summed E-state index contributed by atoms with van der Waals surface area (Å²) < 4.78 is 0. The molecule has 3 aromatic rings. The Balaban J connectivity index is 1.46. The fraction of sp³-hybridized carbons (Fsp3) is 0.333. The summed E-state index contributed by atoms with van der Waals surface area (Å²) in [5.41, 5.74) is 3.70. The number of aromatic nitrogens is 3. The Morgan fingerprint density at radius 3 is 2.71 bits per heavy atom. The summed E-state index contributed by atoms with van der Waals surface area (Å²) in [4.78, 5) is 31.9. The van der Waals surface area contributed by atoms with Crippen LogP contribution in [0.4, 0.5) is 5.69 Å². The number of amides is 2. The standard InChI is InChI=1S/C27H29N5O2/c1-27(2,3)15-14-19-10-11-20-12-13-21(26(34)32(4)22(20)16-19)28-25(33)24-29-23(30-31-24)17-18-8-6-5-7-9-18/h5-11,16,21H,12-13,17H2,1-4H3,(H,28,33)(H,29,30,31)/t21-/m1/s1. The lowest BCUT2D eigenvalue weighted by Crippen LogP contribution is -2.47. The van der Waals surface area contributed by atoms with Crippen molar-refractivity contribution in [2.24, 2.45) is 5.41 Å². The maximum absolute atomic E-state index is 13.2. The zero-order valence-electron chi connectivity index (χ0n) is 20.0. The third-order valence-electron chi connectivity index (χ3n) is 5.61. The van der Waals surface area contributed by atoms with Gasteiger partial charge in [0.05, 0.1) is 0 Å². The van der Waals surface area contributed by atoms with Gasteiger partial charge in [-0.05, 0) is 56.9 Å². The molecule has 0 bridgehead atoms. The van der Waals surface area contributed by atoms with Crippen molar-refractivity contribution in [2.75, 3.05) is 11.9 Å². The molecule has 1 atom stereocenters. The smallest absolute Gasteiger partial charge is 0.291 e. The van der Waals surface area contributed by atoms with Crippen LogP contribution >= 0.6 is 0 Å². The van der Waals surface area contributed by atoms with Gasteiger partial charge >= 0.3 is 0 Å². The highest BCUT2D eigenvalue weighted by Gasteiger charge is 2.30. The van der Waals surface area contributed by atoms with E-state index >= 15 is 0 Å². The number of aromatic amines is 1. The molecule has 1 aliphatic heterocycles. The average molecular weight is 456 g/mol. The van der Waals surface area contributed by atoms with E-state index < -0.39 is 11.9 Å². The normalized spacial score (nSPS) is 15.7. The van der Waals surface area contributed by atoms with E-state index in [1.165, 1.54) is 0 Å². The van der Waals surface area contributed by atoms with Crippen LogP contribution in [0.1, 0.15) is 60.3 Å². The number of carbonyl (C=O) groups excluding carboxylic acids is 2. The Hall–Kier alpha value is -3.92. The first-order valence-corrected chi connectivity index (χ1v) is 11.4. The first-order chi connectivity index (χ1) is 16.2. The van der Waals surface area contributed by atoms with Crippen molar-refractivity contribution in [1.82, 2.24) is 20.5 Å². The number of H-pyrrole nitrogens is 1. The predicted octanol–water partition coefficient (Wildman–Crippen LogP) is 3.50. The van der Waals surface area contributed by atoms with Crippen molar-refractivity contribution in [3.63, 3.8) is 0 Å². The van der Waals surface area contributed by atoms with Crippen molar-refractivity contribution in [2.45, 2.75) is 46.1 Å². The van der Waals surface area contributed by atoms with Crippen molar-refractivity contribution in [1.29, 1.82) is 0 Å². The van der Waals surface area contributed by atoms with Gasteiger partial charge in [0.25, 0.3) is 5.91 Å². The summed E-state index contributed by atoms with van der Waals surface area (Å²) in [7, 11) is 1.73. The summed E-state index contributed by atoms with van der Waals surface area (Å²) in [5, 5.41) is 9.69. The Labute approximate surface area is 200 Å². The van der Waals surface area contributed by atoms with Gasteiger partial charge in [-0.3, -0.25) is 14.7 Å². The van der Waals surface area contributed by atoms with Gasteiger partial charge in [-0.15, -0.1) is 5.10 Å². The van der Waals surface area contributed by atoms with E-state index in [0.29, 0.717) is 25.1 Å². The molecular formula is C27H29N5O2. The molecule has 2 N–H and O–H groups in total. The van der Waals surface area contributed by atoms with Crippen LogP contribution in [0, 0.1) is 17.3 Å². The lowest BCUT2D eigenvalue weighted by Gasteiger charge is -2.22. The van der Waals surface area contributed by atoms with Gasteiger partial charge < -0.3 is 10.2 Å². The molecule has 1 aliphatic rings. The summed E-state index contributed by atoms with van der Waals surface area (Å²) in [6, 6.07) is 15.1. The molecule has 0 unspecified atom stereocenters. The average Bonchev–Trinajstić information content (AvgIpc) is 3.24. The summed E-state index contributed by atoms with van der Waals surface area (Å²) in [6.45, 7) is 6.18. The molecule has 0 spiro atoms. The summed E-state index contributed by atoms with van der Waals surface area (Å²) in [6.07, 6.45) is 1.70. The second-order valence-electron chi connectivity index (χ2n) is 9.57. The third kappa shape index (κ3) is 5.52. The van der Waals surface area contributed by atoms with E-state index in [0.717, 1.165) is 22.4 Å². The van der Waals surface area contributed by atoms with Crippen LogP contribution in [0.2, 0.25) is 0 Å². The van der Waals surface area contributed by atoms with Gasteiger partial charge in [0.2, 0.25) is 11.7 Å². The Bertz CT molecular complexity index is 1260. The minimum Gasteiger partial charge on any atom is -0.337 e. The van der Waals surface area contributed by atoms with Gasteiger partial charge in [0, 0.05) is 30.1 Å². The highest BCUT2D eigenvalue weighted by Crippen LogP contribution is 2.27. The van der Waals surface area contributed by atoms with Crippen molar-refractivity contribution >= 4 is 17.5 Å². The van der Waals surface area contributed by atoms with Crippen LogP contribution < -0.4 is 10.2 Å². The molecule has 1 aromatic heterocycles. The molecule has 2 heterocycles. The van der Waals surface area contributed by atoms with Crippen LogP contribution in [0.25, 0.3) is 0 Å². The zero-order chi connectivity index (χ0) is 24.3. The Kier molecular flexibility index (Phi) is 6.51. The number of likely N-dealkylation sites (N-methyl/N-ethyl adjacent to an activating group) is 1. The lowest BCUT2D eigenvalue weighted by molar-refractivity contribution is -0.120. The molecule has 174 valence electrons. The van der Waals surface area contributed by atoms with E-state index in [1.807, 2.05) is 48.5 Å². The van der Waals surface area contributed by atoms with Gasteiger partial charge in [-0.1, -0.05) is 48.2 Å². The topological polar surface area (TPSA) is 91.0 Å². The van der Waals surface area contributed by atoms with Gasteiger partial charge in [-0.25, -0.2) is 4.98 Å². The first-order valence-electron chi connectivity index (χ1n) is 11.4. The Morgan fingerprint density at radius 2 is 1.97 bits per heavy atom. The number of rotatable bonds is 4. The van der Waals surface area contributed by atoms with Crippen LogP contribution in [0.15, 0.2) is 48.5 Å². The number of anilines is 1. The summed E-state index contributed by atoms with van der Waals surface area (Å²) >= 11 is 0. The molecule has 0 aliphatic carbocycles. The molecule has 0 radical (unpaired) electrons. The molecule has 0 fully saturated rings. The monoisotopic (exact) mass is 455 g/mol. The number of hydrogen-bond donors (Lipinski definition) is 2. The highest BCUT2D eigenvalue weighted by atomic mass is 16.2. The highest BCUT2D eigenvalue weighted by molar-refractivity contribution is 6.02. The maximum atomic E-state index is 13.2. The van der Waals surface area contributed by atoms with E-state index in [4.69, 9.17) is 0 Å². The van der Waals surface area contributed by atoms with Crippen molar-refractivity contribution < 1.29 is 9.59 Å². The second-order valence-corrected chi connectivity index (χ2v) is 9.57. The molecule has 2 amide bonds. The van der Waals surface area contributed by atoms with Crippen LogP contribution in [-0.2, 0) is 17.6 Å². The number of hydrogen-bond acceptors (Lipinski definition) is 4. The fourth-order valence-electron chi connectivity index (χ4n) is 3.82. The third-order valence-corrected chi connectivity index (χ3v) is 5.61. The van der Waals surface area contributed by atoms with E-state index in [1.54, 1.807) is 11.9 Å². The largest absolute Gasteiger partial charge is 0.337 e. The number of nitrogens with one attached hydrogen (secondary N) is 2. The van der Waals surface area contributed by atoms with Gasteiger partial charge in [0.15, 0.2) is 0 Å². The molecule has 0 saturated heterocycles. The van der Waals surface area contributed by atoms with Crippen LogP contribution in [0.3, 0.4) is 0 Å². The number of fused-ring (bicyclic) bond motifs is 1. The van der Waals surface area contributed by atoms with Crippen molar-refractivity contribution in [3.05, 3.63) is 76.9 Å². The van der Waals surface area contributed by atoms with Crippen LogP contribution in [-0.4, -0.2) is 40.1 Å². The quantitative estimate of drug-likeness (QED) is 0.589. The predicted molar refractivity (Wildman–Crippen MR) is 131 cm³/mol. The number of nitrogens with zero attached hydrogens (tertiary/aromatic N) is 3. The molecule has 34 heavy (non-hydrogen) atoms. The molecular weight excluding hydrogens is 426 g/mol. The number of benzene rings is 2. The minimum atomic E-state index is -0.662. The lowest BCUT2D eigenvalue weighted by atomic mass is 9.97. The fourth-order valence-corrected chi connectivity index (χ4v) is 3.82. The summed E-state index contributed by atoms with van der Waals surface area (Å²) in [5.74, 6) is 6.41. The SMILES string of the molecule is CN1C(=O)[C@H](NC(=O)c2n[nH]c(Cc3ccccc3)n2)CCc2ccc(C#CC(C)(C)C)cc21. The number of carbonyl (C=O) groups is 2. The van der Waals surface area contributed by atoms with E-state index in [2.05, 4.69) is 53.1 Å². The minimum absolute atomic E-state index is 0.0305. The van der Waals surface area contributed by atoms with Gasteiger partial charge in [0.1, 0.15) is 11.9 Å². The Morgan fingerprint density at radius 1 is 1.21 bits per heavy atom. The first kappa shape index (κ1) is 23.2. The molecule has 7 heteroatoms. The van der Waals surface area contributed by atoms with E-state index in [-0.39, 0.29) is 17.1 Å². The second kappa shape index (κ2) is 9.52. The molecule has 2 aromatic carbocycles. The zero-order valence-corrected chi connectivity index (χ0v) is 20.0. The van der Waals surface area contributed by atoms with Crippen molar-refractivity contribution in [3.8, 4) is 11.8 Å². The maximum Gasteiger partial charge on any atom is 0.291 e. The molecule has 0 saturated carbocycles. The molecule has 7 nitrogen and oxygen atoms in total.